The van der Waals surface area contributed by atoms with Crippen LogP contribution in [0.2, 0.25) is 0 Å². The van der Waals surface area contributed by atoms with Crippen LogP contribution < -0.4 is 5.32 Å². The molecule has 1 aromatic rings. The fourth-order valence-corrected chi connectivity index (χ4v) is 5.19. The van der Waals surface area contributed by atoms with Crippen LogP contribution in [-0.2, 0) is 16.6 Å². The molecule has 4 nitrogen and oxygen atoms in total. The summed E-state index contributed by atoms with van der Waals surface area (Å²) in [5.74, 6) is 0. The summed E-state index contributed by atoms with van der Waals surface area (Å²) in [4.78, 5) is 0.395. The Balaban J connectivity index is 1.86. The highest BCUT2D eigenvalue weighted by molar-refractivity contribution is 9.10. The molecular formula is C15H21BrN2O2S. The van der Waals surface area contributed by atoms with Gasteiger partial charge in [0.15, 0.2) is 0 Å². The first-order valence-electron chi connectivity index (χ1n) is 7.56. The number of nitrogens with one attached hydrogen (secondary N) is 1. The van der Waals surface area contributed by atoms with Gasteiger partial charge in [0.05, 0.1) is 4.90 Å². The molecule has 2 aliphatic rings. The van der Waals surface area contributed by atoms with Crippen molar-refractivity contribution in [3.8, 4) is 0 Å². The maximum atomic E-state index is 12.8. The van der Waals surface area contributed by atoms with Gasteiger partial charge < -0.3 is 5.32 Å². The molecule has 0 spiro atoms. The Bertz CT molecular complexity index is 625. The van der Waals surface area contributed by atoms with E-state index < -0.39 is 10.0 Å². The lowest BCUT2D eigenvalue weighted by molar-refractivity contribution is 0.420. The van der Waals surface area contributed by atoms with Gasteiger partial charge in [0.1, 0.15) is 0 Å². The monoisotopic (exact) mass is 372 g/mol. The molecule has 0 saturated heterocycles. The lowest BCUT2D eigenvalue weighted by Crippen LogP contribution is -2.33. The highest BCUT2D eigenvalue weighted by Crippen LogP contribution is 2.34. The summed E-state index contributed by atoms with van der Waals surface area (Å²) in [6, 6.07) is 6.44. The van der Waals surface area contributed by atoms with Gasteiger partial charge in [-0.2, -0.15) is 4.31 Å². The minimum Gasteiger partial charge on any atom is -0.310 e. The van der Waals surface area contributed by atoms with Crippen LogP contribution in [0.4, 0.5) is 0 Å². The first-order chi connectivity index (χ1) is 10.0. The van der Waals surface area contributed by atoms with E-state index in [0.29, 0.717) is 22.0 Å². The number of hydrogen-bond acceptors (Lipinski definition) is 3. The van der Waals surface area contributed by atoms with Gasteiger partial charge in [-0.05, 0) is 59.3 Å². The van der Waals surface area contributed by atoms with Crippen LogP contribution in [0.3, 0.4) is 0 Å². The molecule has 3 rings (SSSR count). The normalized spacial score (nSPS) is 19.2. The van der Waals surface area contributed by atoms with Crippen LogP contribution in [0.25, 0.3) is 0 Å². The van der Waals surface area contributed by atoms with Gasteiger partial charge in [0.25, 0.3) is 0 Å². The first kappa shape index (κ1) is 15.5. The Labute approximate surface area is 135 Å². The molecule has 21 heavy (non-hydrogen) atoms. The fraction of sp³-hybridized carbons (Fsp3) is 0.600. The Kier molecular flexibility index (Phi) is 4.41. The number of rotatable bonds is 7. The molecule has 0 unspecified atom stereocenters. The lowest BCUT2D eigenvalue weighted by atomic mass is 10.2. The average molecular weight is 373 g/mol. The molecule has 1 aromatic carbocycles. The summed E-state index contributed by atoms with van der Waals surface area (Å²) in [5.41, 5.74) is 1.02. The smallest absolute Gasteiger partial charge is 0.244 e. The van der Waals surface area contributed by atoms with E-state index in [9.17, 15) is 8.42 Å². The molecule has 2 fully saturated rings. The molecular weight excluding hydrogens is 352 g/mol. The highest BCUT2D eigenvalue weighted by Gasteiger charge is 2.37. The predicted octanol–water partition coefficient (Wildman–Crippen LogP) is 2.87. The van der Waals surface area contributed by atoms with E-state index in [4.69, 9.17) is 0 Å². The topological polar surface area (TPSA) is 49.4 Å². The molecule has 0 atom stereocenters. The van der Waals surface area contributed by atoms with Crippen molar-refractivity contribution in [2.75, 3.05) is 6.54 Å². The third kappa shape index (κ3) is 3.50. The van der Waals surface area contributed by atoms with Gasteiger partial charge in [-0.15, -0.1) is 0 Å². The van der Waals surface area contributed by atoms with Gasteiger partial charge in [-0.1, -0.05) is 13.0 Å². The summed E-state index contributed by atoms with van der Waals surface area (Å²) in [5, 5.41) is 3.43. The fourth-order valence-electron chi connectivity index (χ4n) is 2.52. The van der Waals surface area contributed by atoms with Crippen molar-refractivity contribution in [1.82, 2.24) is 9.62 Å². The molecule has 0 radical (unpaired) electrons. The summed E-state index contributed by atoms with van der Waals surface area (Å²) in [6.07, 6.45) is 4.42. The summed E-state index contributed by atoms with van der Waals surface area (Å²) in [6.45, 7) is 3.17. The van der Waals surface area contributed by atoms with Crippen molar-refractivity contribution in [2.45, 2.75) is 56.1 Å². The van der Waals surface area contributed by atoms with E-state index >= 15 is 0 Å². The number of benzene rings is 1. The number of hydrogen-bond donors (Lipinski definition) is 1. The van der Waals surface area contributed by atoms with E-state index in [0.717, 1.165) is 24.9 Å². The summed E-state index contributed by atoms with van der Waals surface area (Å²) < 4.78 is 28.0. The van der Waals surface area contributed by atoms with Crippen LogP contribution in [0, 0.1) is 0 Å². The summed E-state index contributed by atoms with van der Waals surface area (Å²) >= 11 is 3.40. The van der Waals surface area contributed by atoms with E-state index in [1.807, 2.05) is 19.1 Å². The van der Waals surface area contributed by atoms with Crippen molar-refractivity contribution in [3.05, 3.63) is 28.2 Å². The molecule has 6 heteroatoms. The Morgan fingerprint density at radius 3 is 2.57 bits per heavy atom. The van der Waals surface area contributed by atoms with E-state index in [2.05, 4.69) is 21.2 Å². The third-order valence-electron chi connectivity index (χ3n) is 4.02. The number of nitrogens with zero attached hydrogens (tertiary/aromatic N) is 1. The number of halogens is 1. The quantitative estimate of drug-likeness (QED) is 0.800. The maximum Gasteiger partial charge on any atom is 0.244 e. The van der Waals surface area contributed by atoms with Crippen LogP contribution in [0.5, 0.6) is 0 Å². The molecule has 1 N–H and O–H groups in total. The van der Waals surface area contributed by atoms with Gasteiger partial charge in [0.2, 0.25) is 10.0 Å². The second kappa shape index (κ2) is 5.99. The Morgan fingerprint density at radius 1 is 1.29 bits per heavy atom. The average Bonchev–Trinajstić information content (AvgIpc) is 3.32. The standard InChI is InChI=1S/C15H21BrN2O2S/c1-2-18(13-6-7-13)21(19,20)15-9-11(3-8-14(15)16)10-17-12-4-5-12/h3,8-9,12-13,17H,2,4-7,10H2,1H3. The lowest BCUT2D eigenvalue weighted by Gasteiger charge is -2.21. The van der Waals surface area contributed by atoms with Crippen molar-refractivity contribution in [1.29, 1.82) is 0 Å². The minimum absolute atomic E-state index is 0.195. The molecule has 0 heterocycles. The van der Waals surface area contributed by atoms with Gasteiger partial charge in [0, 0.05) is 29.6 Å². The number of sulfonamides is 1. The van der Waals surface area contributed by atoms with Gasteiger partial charge in [-0.3, -0.25) is 0 Å². The molecule has 0 aliphatic heterocycles. The second-order valence-corrected chi connectivity index (χ2v) is 8.57. The Morgan fingerprint density at radius 2 is 2.00 bits per heavy atom. The van der Waals surface area contributed by atoms with Crippen LogP contribution in [0.15, 0.2) is 27.6 Å². The van der Waals surface area contributed by atoms with Crippen LogP contribution in [0.1, 0.15) is 38.2 Å². The predicted molar refractivity (Wildman–Crippen MR) is 86.6 cm³/mol. The first-order valence-corrected chi connectivity index (χ1v) is 9.79. The Hall–Kier alpha value is -0.430. The zero-order valence-corrected chi connectivity index (χ0v) is 14.6. The molecule has 0 aromatic heterocycles. The van der Waals surface area contributed by atoms with Crippen molar-refractivity contribution >= 4 is 26.0 Å². The maximum absolute atomic E-state index is 12.8. The van der Waals surface area contributed by atoms with E-state index in [-0.39, 0.29) is 6.04 Å². The third-order valence-corrected chi connectivity index (χ3v) is 7.04. The highest BCUT2D eigenvalue weighted by atomic mass is 79.9. The second-order valence-electron chi connectivity index (χ2n) is 5.86. The van der Waals surface area contributed by atoms with Crippen LogP contribution >= 0.6 is 15.9 Å². The van der Waals surface area contributed by atoms with Crippen LogP contribution in [-0.4, -0.2) is 31.4 Å². The van der Waals surface area contributed by atoms with E-state index in [1.54, 1.807) is 10.4 Å². The molecule has 2 aliphatic carbocycles. The summed E-state index contributed by atoms with van der Waals surface area (Å²) in [7, 11) is -3.41. The minimum atomic E-state index is -3.41. The molecule has 0 bridgehead atoms. The van der Waals surface area contributed by atoms with Crippen molar-refractivity contribution < 1.29 is 8.42 Å². The van der Waals surface area contributed by atoms with Crippen molar-refractivity contribution in [3.63, 3.8) is 0 Å². The largest absolute Gasteiger partial charge is 0.310 e. The van der Waals surface area contributed by atoms with Gasteiger partial charge in [-0.25, -0.2) is 8.42 Å². The van der Waals surface area contributed by atoms with E-state index in [1.165, 1.54) is 12.8 Å². The van der Waals surface area contributed by atoms with Gasteiger partial charge >= 0.3 is 0 Å². The molecule has 0 amide bonds. The zero-order chi connectivity index (χ0) is 15.0. The molecule has 2 saturated carbocycles. The molecule has 116 valence electrons. The zero-order valence-electron chi connectivity index (χ0n) is 12.2. The SMILES string of the molecule is CCN(C1CC1)S(=O)(=O)c1cc(CNC2CC2)ccc1Br. The van der Waals surface area contributed by atoms with Crippen molar-refractivity contribution in [2.24, 2.45) is 0 Å².